The predicted octanol–water partition coefficient (Wildman–Crippen LogP) is 4.20. The van der Waals surface area contributed by atoms with Gasteiger partial charge in [-0.3, -0.25) is 9.36 Å². The number of halogens is 1. The van der Waals surface area contributed by atoms with E-state index in [2.05, 4.69) is 21.2 Å². The number of thioether (sulfide) groups is 1. The van der Waals surface area contributed by atoms with Crippen LogP contribution in [0.25, 0.3) is 5.69 Å². The van der Waals surface area contributed by atoms with Gasteiger partial charge in [0.15, 0.2) is 5.16 Å². The highest BCUT2D eigenvalue weighted by molar-refractivity contribution is 7.99. The van der Waals surface area contributed by atoms with E-state index >= 15 is 0 Å². The topological polar surface area (TPSA) is 54.3 Å². The number of benzene rings is 2. The van der Waals surface area contributed by atoms with Gasteiger partial charge in [0.25, 0.3) is 0 Å². The molecule has 0 atom stereocenters. The number of hydrogen-bond donors (Lipinski definition) is 0. The van der Waals surface area contributed by atoms with E-state index in [9.17, 15) is 4.79 Å². The van der Waals surface area contributed by atoms with Crippen molar-refractivity contribution in [2.75, 3.05) is 35.2 Å². The first-order valence-electron chi connectivity index (χ1n) is 10.2. The molecule has 1 fully saturated rings. The minimum absolute atomic E-state index is 0.0846. The van der Waals surface area contributed by atoms with Crippen molar-refractivity contribution in [2.45, 2.75) is 24.4 Å². The van der Waals surface area contributed by atoms with Crippen LogP contribution in [0.5, 0.6) is 0 Å². The molecule has 1 aromatic heterocycles. The van der Waals surface area contributed by atoms with Crippen LogP contribution < -0.4 is 9.80 Å². The Balaban J connectivity index is 1.41. The van der Waals surface area contributed by atoms with Gasteiger partial charge in [0.2, 0.25) is 11.9 Å². The van der Waals surface area contributed by atoms with Crippen molar-refractivity contribution in [3.05, 3.63) is 59.1 Å². The molecule has 3 heterocycles. The van der Waals surface area contributed by atoms with Gasteiger partial charge >= 0.3 is 0 Å². The Morgan fingerprint density at radius 2 is 1.70 bits per heavy atom. The third-order valence-electron chi connectivity index (χ3n) is 5.61. The molecule has 0 spiro atoms. The van der Waals surface area contributed by atoms with Gasteiger partial charge in [-0.1, -0.05) is 53.7 Å². The van der Waals surface area contributed by atoms with Crippen LogP contribution in [0.1, 0.15) is 18.4 Å². The van der Waals surface area contributed by atoms with E-state index in [0.29, 0.717) is 15.9 Å². The number of carbonyl (C=O) groups is 1. The summed E-state index contributed by atoms with van der Waals surface area (Å²) in [6.07, 6.45) is 3.19. The second kappa shape index (κ2) is 8.32. The number of hydrogen-bond acceptors (Lipinski definition) is 5. The van der Waals surface area contributed by atoms with Gasteiger partial charge in [-0.05, 0) is 43.0 Å². The van der Waals surface area contributed by atoms with E-state index in [4.69, 9.17) is 11.6 Å². The molecule has 154 valence electrons. The molecule has 2 aliphatic heterocycles. The molecule has 0 aliphatic carbocycles. The molecule has 5 rings (SSSR count). The SMILES string of the molecule is O=C(CSc1nnc(N2CCCC2)n1-c1ccccc1Cl)N1CCc2ccccc21. The number of anilines is 2. The number of carbonyl (C=O) groups excluding carboxylic acids is 1. The van der Waals surface area contributed by atoms with Gasteiger partial charge in [-0.25, -0.2) is 0 Å². The lowest BCUT2D eigenvalue weighted by atomic mass is 10.2. The molecule has 30 heavy (non-hydrogen) atoms. The average molecular weight is 440 g/mol. The number of nitrogens with zero attached hydrogens (tertiary/aromatic N) is 5. The molecule has 2 aliphatic rings. The number of aromatic nitrogens is 3. The molecule has 6 nitrogen and oxygen atoms in total. The van der Waals surface area contributed by atoms with E-state index in [1.165, 1.54) is 17.3 Å². The van der Waals surface area contributed by atoms with Crippen molar-refractivity contribution in [1.82, 2.24) is 14.8 Å². The molecular weight excluding hydrogens is 418 g/mol. The molecule has 2 aromatic carbocycles. The van der Waals surface area contributed by atoms with Crippen molar-refractivity contribution < 1.29 is 4.79 Å². The number of fused-ring (bicyclic) bond motifs is 1. The predicted molar refractivity (Wildman–Crippen MR) is 121 cm³/mol. The third-order valence-corrected chi connectivity index (χ3v) is 6.84. The van der Waals surface area contributed by atoms with Gasteiger partial charge in [-0.2, -0.15) is 0 Å². The molecule has 0 saturated carbocycles. The van der Waals surface area contributed by atoms with Gasteiger partial charge in [0.1, 0.15) is 0 Å². The fourth-order valence-electron chi connectivity index (χ4n) is 4.12. The van der Waals surface area contributed by atoms with Gasteiger partial charge in [0, 0.05) is 25.3 Å². The Kier molecular flexibility index (Phi) is 5.39. The van der Waals surface area contributed by atoms with Crippen molar-refractivity contribution in [3.8, 4) is 5.69 Å². The zero-order valence-corrected chi connectivity index (χ0v) is 18.1. The number of rotatable bonds is 5. The molecule has 0 unspecified atom stereocenters. The third kappa shape index (κ3) is 3.56. The number of amides is 1. The summed E-state index contributed by atoms with van der Waals surface area (Å²) in [6.45, 7) is 2.64. The first-order valence-corrected chi connectivity index (χ1v) is 11.5. The standard InChI is InChI=1S/C22H22ClN5OS/c23-17-8-2-4-10-19(17)28-21(26-12-5-6-13-26)24-25-22(28)30-15-20(29)27-14-11-16-7-1-3-9-18(16)27/h1-4,7-10H,5-6,11-15H2. The summed E-state index contributed by atoms with van der Waals surface area (Å²) >= 11 is 7.92. The molecule has 1 saturated heterocycles. The minimum Gasteiger partial charge on any atom is -0.341 e. The van der Waals surface area contributed by atoms with Crippen LogP contribution in [0.4, 0.5) is 11.6 Å². The van der Waals surface area contributed by atoms with E-state index in [1.54, 1.807) is 0 Å². The van der Waals surface area contributed by atoms with Crippen LogP contribution in [0.2, 0.25) is 5.02 Å². The maximum absolute atomic E-state index is 13.0. The van der Waals surface area contributed by atoms with E-state index in [1.807, 2.05) is 51.9 Å². The monoisotopic (exact) mass is 439 g/mol. The van der Waals surface area contributed by atoms with Crippen molar-refractivity contribution in [1.29, 1.82) is 0 Å². The Labute approximate surface area is 184 Å². The lowest BCUT2D eigenvalue weighted by molar-refractivity contribution is -0.116. The summed E-state index contributed by atoms with van der Waals surface area (Å²) in [6, 6.07) is 15.8. The van der Waals surface area contributed by atoms with Crippen LogP contribution in [0.15, 0.2) is 53.7 Å². The summed E-state index contributed by atoms with van der Waals surface area (Å²) in [5, 5.41) is 10.2. The molecule has 0 radical (unpaired) electrons. The van der Waals surface area contributed by atoms with E-state index in [0.717, 1.165) is 56.2 Å². The normalized spacial score (nSPS) is 15.6. The zero-order chi connectivity index (χ0) is 20.5. The van der Waals surface area contributed by atoms with Crippen LogP contribution >= 0.6 is 23.4 Å². The average Bonchev–Trinajstić information content (AvgIpc) is 3.51. The Hall–Kier alpha value is -2.51. The summed E-state index contributed by atoms with van der Waals surface area (Å²) in [5.74, 6) is 1.18. The highest BCUT2D eigenvalue weighted by Gasteiger charge is 2.27. The lowest BCUT2D eigenvalue weighted by Crippen LogP contribution is -2.30. The van der Waals surface area contributed by atoms with E-state index < -0.39 is 0 Å². The van der Waals surface area contributed by atoms with Crippen molar-refractivity contribution in [2.24, 2.45) is 0 Å². The maximum atomic E-state index is 13.0. The summed E-state index contributed by atoms with van der Waals surface area (Å²) in [7, 11) is 0. The van der Waals surface area contributed by atoms with Gasteiger partial charge < -0.3 is 9.80 Å². The van der Waals surface area contributed by atoms with Gasteiger partial charge in [0.05, 0.1) is 16.5 Å². The Morgan fingerprint density at radius 1 is 0.967 bits per heavy atom. The smallest absolute Gasteiger partial charge is 0.237 e. The first-order chi connectivity index (χ1) is 14.7. The fraction of sp³-hybridized carbons (Fsp3) is 0.318. The van der Waals surface area contributed by atoms with Crippen LogP contribution in [0.3, 0.4) is 0 Å². The molecule has 1 amide bonds. The minimum atomic E-state index is 0.0846. The largest absolute Gasteiger partial charge is 0.341 e. The van der Waals surface area contributed by atoms with Gasteiger partial charge in [-0.15, -0.1) is 10.2 Å². The van der Waals surface area contributed by atoms with Crippen molar-refractivity contribution in [3.63, 3.8) is 0 Å². The summed E-state index contributed by atoms with van der Waals surface area (Å²) in [4.78, 5) is 17.1. The van der Waals surface area contributed by atoms with Crippen LogP contribution in [0, 0.1) is 0 Å². The first kappa shape index (κ1) is 19.5. The maximum Gasteiger partial charge on any atom is 0.237 e. The quantitative estimate of drug-likeness (QED) is 0.557. The number of para-hydroxylation sites is 2. The summed E-state index contributed by atoms with van der Waals surface area (Å²) < 4.78 is 1.99. The van der Waals surface area contributed by atoms with E-state index in [-0.39, 0.29) is 5.91 Å². The fourth-order valence-corrected chi connectivity index (χ4v) is 5.16. The Morgan fingerprint density at radius 3 is 2.50 bits per heavy atom. The molecule has 3 aromatic rings. The lowest BCUT2D eigenvalue weighted by Gasteiger charge is -2.19. The highest BCUT2D eigenvalue weighted by Crippen LogP contribution is 2.33. The highest BCUT2D eigenvalue weighted by atomic mass is 35.5. The zero-order valence-electron chi connectivity index (χ0n) is 16.5. The Bertz CT molecular complexity index is 1080. The second-order valence-corrected chi connectivity index (χ2v) is 8.83. The van der Waals surface area contributed by atoms with Crippen LogP contribution in [-0.4, -0.2) is 46.1 Å². The molecule has 0 bridgehead atoms. The summed E-state index contributed by atoms with van der Waals surface area (Å²) in [5.41, 5.74) is 3.09. The van der Waals surface area contributed by atoms with Crippen molar-refractivity contribution >= 4 is 40.9 Å². The molecule has 8 heteroatoms. The molecule has 0 N–H and O–H groups in total. The molecular formula is C22H22ClN5OS. The second-order valence-electron chi connectivity index (χ2n) is 7.48. The van der Waals surface area contributed by atoms with Crippen LogP contribution in [-0.2, 0) is 11.2 Å².